The van der Waals surface area contributed by atoms with E-state index in [1.165, 1.54) is 4.90 Å². The van der Waals surface area contributed by atoms with E-state index < -0.39 is 5.97 Å². The van der Waals surface area contributed by atoms with Crippen LogP contribution in [-0.4, -0.2) is 54.4 Å². The number of para-hydroxylation sites is 1. The number of carbonyl (C=O) groups excluding carboxylic acids is 1. The lowest BCUT2D eigenvalue weighted by molar-refractivity contribution is -0.135. The summed E-state index contributed by atoms with van der Waals surface area (Å²) in [6, 6.07) is 8.53. The Kier molecular flexibility index (Phi) is 4.57. The summed E-state index contributed by atoms with van der Waals surface area (Å²) in [5, 5.41) is 9.01. The summed E-state index contributed by atoms with van der Waals surface area (Å²) >= 11 is 0. The summed E-state index contributed by atoms with van der Waals surface area (Å²) in [7, 11) is 0. The molecular weight excluding hydrogens is 260 g/mol. The Morgan fingerprint density at radius 1 is 1.40 bits per heavy atom. The van der Waals surface area contributed by atoms with E-state index in [4.69, 9.17) is 9.84 Å². The zero-order valence-corrected chi connectivity index (χ0v) is 11.4. The van der Waals surface area contributed by atoms with Crippen molar-refractivity contribution in [2.75, 3.05) is 31.1 Å². The van der Waals surface area contributed by atoms with E-state index in [0.29, 0.717) is 25.4 Å². The molecule has 0 saturated carbocycles. The number of ether oxygens (including phenoxy) is 1. The summed E-state index contributed by atoms with van der Waals surface area (Å²) in [6.07, 6.45) is -0.0323. The number of aliphatic carboxylic acids is 1. The molecule has 1 atom stereocenters. The Bertz CT molecular complexity index is 477. The Labute approximate surface area is 117 Å². The van der Waals surface area contributed by atoms with E-state index >= 15 is 0 Å². The average molecular weight is 278 g/mol. The zero-order chi connectivity index (χ0) is 14.5. The van der Waals surface area contributed by atoms with Crippen LogP contribution in [0.4, 0.5) is 10.5 Å². The van der Waals surface area contributed by atoms with Gasteiger partial charge in [0, 0.05) is 18.8 Å². The number of carboxylic acid groups (broad SMARTS) is 1. The van der Waals surface area contributed by atoms with Gasteiger partial charge in [0.25, 0.3) is 0 Å². The maximum Gasteiger partial charge on any atom is 0.325 e. The van der Waals surface area contributed by atoms with Crippen molar-refractivity contribution in [2.45, 2.75) is 13.0 Å². The molecule has 0 aromatic heterocycles. The number of urea groups is 1. The third-order valence-corrected chi connectivity index (χ3v) is 3.10. The normalized spacial score (nSPS) is 18.6. The number of morpholine rings is 1. The summed E-state index contributed by atoms with van der Waals surface area (Å²) in [4.78, 5) is 26.4. The molecule has 0 spiro atoms. The fourth-order valence-electron chi connectivity index (χ4n) is 2.18. The first-order valence-electron chi connectivity index (χ1n) is 6.53. The van der Waals surface area contributed by atoms with Gasteiger partial charge >= 0.3 is 12.0 Å². The van der Waals surface area contributed by atoms with E-state index in [9.17, 15) is 9.59 Å². The highest BCUT2D eigenvalue weighted by Crippen LogP contribution is 2.17. The molecule has 2 rings (SSSR count). The van der Waals surface area contributed by atoms with Crippen molar-refractivity contribution in [3.05, 3.63) is 30.3 Å². The zero-order valence-electron chi connectivity index (χ0n) is 11.4. The standard InChI is InChI=1S/C14H18N2O4/c1-11-9-15(7-8-20-11)14(19)16(10-13(17)18)12-5-3-2-4-6-12/h2-6,11H,7-10H2,1H3,(H,17,18). The number of carbonyl (C=O) groups is 2. The molecule has 108 valence electrons. The molecule has 1 aromatic rings. The quantitative estimate of drug-likeness (QED) is 0.907. The molecule has 1 unspecified atom stereocenters. The number of hydrogen-bond donors (Lipinski definition) is 1. The highest BCUT2D eigenvalue weighted by atomic mass is 16.5. The van der Waals surface area contributed by atoms with Gasteiger partial charge in [-0.05, 0) is 19.1 Å². The SMILES string of the molecule is CC1CN(C(=O)N(CC(=O)O)c2ccccc2)CCO1. The number of rotatable bonds is 3. The van der Waals surface area contributed by atoms with Crippen LogP contribution in [0, 0.1) is 0 Å². The molecule has 1 heterocycles. The van der Waals surface area contributed by atoms with Gasteiger partial charge in [-0.1, -0.05) is 18.2 Å². The van der Waals surface area contributed by atoms with Gasteiger partial charge in [-0.3, -0.25) is 9.69 Å². The largest absolute Gasteiger partial charge is 0.480 e. The molecule has 0 aliphatic carbocycles. The van der Waals surface area contributed by atoms with Gasteiger partial charge in [-0.2, -0.15) is 0 Å². The number of amides is 2. The van der Waals surface area contributed by atoms with E-state index in [-0.39, 0.29) is 18.7 Å². The second-order valence-electron chi connectivity index (χ2n) is 4.73. The van der Waals surface area contributed by atoms with Gasteiger partial charge in [0.15, 0.2) is 0 Å². The van der Waals surface area contributed by atoms with Gasteiger partial charge in [0.1, 0.15) is 6.54 Å². The minimum Gasteiger partial charge on any atom is -0.480 e. The predicted molar refractivity (Wildman–Crippen MR) is 73.8 cm³/mol. The monoisotopic (exact) mass is 278 g/mol. The fourth-order valence-corrected chi connectivity index (χ4v) is 2.18. The number of carboxylic acids is 1. The van der Waals surface area contributed by atoms with Gasteiger partial charge in [0.2, 0.25) is 0 Å². The molecule has 1 aromatic carbocycles. The van der Waals surface area contributed by atoms with Crippen LogP contribution in [0.15, 0.2) is 30.3 Å². The van der Waals surface area contributed by atoms with E-state index in [2.05, 4.69) is 0 Å². The first-order chi connectivity index (χ1) is 9.58. The number of hydrogen-bond acceptors (Lipinski definition) is 3. The van der Waals surface area contributed by atoms with Gasteiger partial charge in [-0.15, -0.1) is 0 Å². The molecule has 6 heteroatoms. The first-order valence-corrected chi connectivity index (χ1v) is 6.53. The Morgan fingerprint density at radius 3 is 2.70 bits per heavy atom. The highest BCUT2D eigenvalue weighted by molar-refractivity contribution is 5.96. The lowest BCUT2D eigenvalue weighted by Gasteiger charge is -2.34. The Balaban J connectivity index is 2.18. The molecule has 2 amide bonds. The third kappa shape index (κ3) is 3.48. The molecule has 1 N–H and O–H groups in total. The van der Waals surface area contributed by atoms with Gasteiger partial charge in [-0.25, -0.2) is 4.79 Å². The van der Waals surface area contributed by atoms with Crippen molar-refractivity contribution in [3.63, 3.8) is 0 Å². The predicted octanol–water partition coefficient (Wildman–Crippen LogP) is 1.42. The molecule has 0 radical (unpaired) electrons. The van der Waals surface area contributed by atoms with Gasteiger partial charge < -0.3 is 14.7 Å². The van der Waals surface area contributed by atoms with Crippen LogP contribution in [0.3, 0.4) is 0 Å². The topological polar surface area (TPSA) is 70.1 Å². The fraction of sp³-hybridized carbons (Fsp3) is 0.429. The molecule has 1 aliphatic rings. The van der Waals surface area contributed by atoms with E-state index in [0.717, 1.165) is 0 Å². The summed E-state index contributed by atoms with van der Waals surface area (Å²) in [5.41, 5.74) is 0.582. The van der Waals surface area contributed by atoms with Crippen LogP contribution in [0.2, 0.25) is 0 Å². The van der Waals surface area contributed by atoms with Crippen LogP contribution in [0.5, 0.6) is 0 Å². The molecule has 1 saturated heterocycles. The summed E-state index contributed by atoms with van der Waals surface area (Å²) in [6.45, 7) is 2.97. The van der Waals surface area contributed by atoms with Crippen molar-refractivity contribution in [2.24, 2.45) is 0 Å². The van der Waals surface area contributed by atoms with Crippen molar-refractivity contribution in [1.29, 1.82) is 0 Å². The van der Waals surface area contributed by atoms with Crippen molar-refractivity contribution >= 4 is 17.7 Å². The molecule has 6 nitrogen and oxygen atoms in total. The average Bonchev–Trinajstić information content (AvgIpc) is 2.45. The molecular formula is C14H18N2O4. The Morgan fingerprint density at radius 2 is 2.10 bits per heavy atom. The lowest BCUT2D eigenvalue weighted by atomic mass is 10.2. The van der Waals surface area contributed by atoms with Crippen LogP contribution < -0.4 is 4.90 Å². The second-order valence-corrected chi connectivity index (χ2v) is 4.73. The Hall–Kier alpha value is -2.08. The minimum absolute atomic E-state index is 0.0323. The molecule has 0 bridgehead atoms. The minimum atomic E-state index is -1.04. The molecule has 1 fully saturated rings. The van der Waals surface area contributed by atoms with E-state index in [1.54, 1.807) is 29.2 Å². The molecule has 1 aliphatic heterocycles. The van der Waals surface area contributed by atoms with Crippen LogP contribution in [-0.2, 0) is 9.53 Å². The van der Waals surface area contributed by atoms with Crippen molar-refractivity contribution in [3.8, 4) is 0 Å². The highest BCUT2D eigenvalue weighted by Gasteiger charge is 2.27. The van der Waals surface area contributed by atoms with E-state index in [1.807, 2.05) is 13.0 Å². The number of nitrogens with zero attached hydrogens (tertiary/aromatic N) is 2. The maximum absolute atomic E-state index is 12.5. The van der Waals surface area contributed by atoms with Crippen molar-refractivity contribution < 1.29 is 19.4 Å². The van der Waals surface area contributed by atoms with Gasteiger partial charge in [0.05, 0.1) is 12.7 Å². The van der Waals surface area contributed by atoms with Crippen LogP contribution >= 0.6 is 0 Å². The second kappa shape index (κ2) is 6.38. The first kappa shape index (κ1) is 14.3. The van der Waals surface area contributed by atoms with Crippen molar-refractivity contribution in [1.82, 2.24) is 4.90 Å². The maximum atomic E-state index is 12.5. The smallest absolute Gasteiger partial charge is 0.325 e. The lowest BCUT2D eigenvalue weighted by Crippen LogP contribution is -2.51. The number of anilines is 1. The summed E-state index contributed by atoms with van der Waals surface area (Å²) in [5.74, 6) is -1.04. The van der Waals surface area contributed by atoms with Crippen LogP contribution in [0.1, 0.15) is 6.92 Å². The number of benzene rings is 1. The molecule has 20 heavy (non-hydrogen) atoms. The summed E-state index contributed by atoms with van der Waals surface area (Å²) < 4.78 is 5.40. The van der Waals surface area contributed by atoms with Crippen LogP contribution in [0.25, 0.3) is 0 Å². The third-order valence-electron chi connectivity index (χ3n) is 3.10.